The fourth-order valence-electron chi connectivity index (χ4n) is 0.209. The molecule has 7 heavy (non-hydrogen) atoms. The molecule has 0 aromatic rings. The van der Waals surface area contributed by atoms with Gasteiger partial charge in [-0.3, -0.25) is 0 Å². The summed E-state index contributed by atoms with van der Waals surface area (Å²) in [7, 11) is 1.62. The standard InChI is InChI=1S/C4H10O2.Pr/c1-6-4-2-3-5;/h5H,2-4H2,1H3;. The molecule has 0 amide bonds. The molecular formula is C4H10O2Pr. The quantitative estimate of drug-likeness (QED) is 0.693. The van der Waals surface area contributed by atoms with Gasteiger partial charge in [0.25, 0.3) is 0 Å². The van der Waals surface area contributed by atoms with E-state index >= 15 is 0 Å². The monoisotopic (exact) mass is 231 g/mol. The molecule has 0 rings (SSSR count). The number of rotatable bonds is 3. The van der Waals surface area contributed by atoms with E-state index in [1.807, 2.05) is 0 Å². The molecule has 0 atom stereocenters. The van der Waals surface area contributed by atoms with E-state index in [0.717, 1.165) is 6.42 Å². The predicted molar refractivity (Wildman–Crippen MR) is 23.6 cm³/mol. The van der Waals surface area contributed by atoms with Crippen LogP contribution >= 0.6 is 0 Å². The molecule has 0 aliphatic rings. The van der Waals surface area contributed by atoms with Crippen LogP contribution in [-0.2, 0) is 4.74 Å². The van der Waals surface area contributed by atoms with E-state index in [2.05, 4.69) is 4.74 Å². The number of ether oxygens (including phenoxy) is 1. The van der Waals surface area contributed by atoms with Crippen molar-refractivity contribution in [2.24, 2.45) is 0 Å². The third kappa shape index (κ3) is 11.1. The fraction of sp³-hybridized carbons (Fsp3) is 1.00. The zero-order valence-electron chi connectivity index (χ0n) is 4.55. The van der Waals surface area contributed by atoms with Gasteiger partial charge in [0.15, 0.2) is 0 Å². The van der Waals surface area contributed by atoms with Crippen LogP contribution in [0.4, 0.5) is 0 Å². The third-order valence-corrected chi connectivity index (χ3v) is 0.507. The Morgan fingerprint density at radius 1 is 1.57 bits per heavy atom. The summed E-state index contributed by atoms with van der Waals surface area (Å²) >= 11 is 0. The average molecular weight is 231 g/mol. The van der Waals surface area contributed by atoms with Gasteiger partial charge in [0.1, 0.15) is 0 Å². The Hall–Kier alpha value is 1.28. The molecule has 0 aliphatic heterocycles. The van der Waals surface area contributed by atoms with Gasteiger partial charge in [0.2, 0.25) is 0 Å². The Labute approximate surface area is 77.2 Å². The summed E-state index contributed by atoms with van der Waals surface area (Å²) in [5.41, 5.74) is 0. The molecule has 0 heterocycles. The second kappa shape index (κ2) is 10.3. The van der Waals surface area contributed by atoms with Crippen molar-refractivity contribution >= 4 is 0 Å². The maximum absolute atomic E-state index is 8.12. The first-order chi connectivity index (χ1) is 2.91. The van der Waals surface area contributed by atoms with E-state index in [4.69, 9.17) is 5.11 Å². The molecule has 1 radical (unpaired) electrons. The average Bonchev–Trinajstić information content (AvgIpc) is 1.61. The molecule has 2 nitrogen and oxygen atoms in total. The first-order valence-corrected chi connectivity index (χ1v) is 2.01. The normalized spacial score (nSPS) is 7.71. The van der Waals surface area contributed by atoms with Crippen molar-refractivity contribution in [3.8, 4) is 0 Å². The minimum atomic E-state index is 0. The minimum absolute atomic E-state index is 0. The van der Waals surface area contributed by atoms with Gasteiger partial charge >= 0.3 is 0 Å². The van der Waals surface area contributed by atoms with Crippen molar-refractivity contribution in [3.63, 3.8) is 0 Å². The second-order valence-electron chi connectivity index (χ2n) is 1.07. The van der Waals surface area contributed by atoms with Crippen molar-refractivity contribution in [2.75, 3.05) is 20.3 Å². The molecule has 0 saturated carbocycles. The topological polar surface area (TPSA) is 29.5 Å². The van der Waals surface area contributed by atoms with Crippen molar-refractivity contribution in [3.05, 3.63) is 0 Å². The zero-order chi connectivity index (χ0) is 4.83. The van der Waals surface area contributed by atoms with E-state index in [1.165, 1.54) is 0 Å². The van der Waals surface area contributed by atoms with Gasteiger partial charge in [0.05, 0.1) is 0 Å². The Bertz CT molecular complexity index is 21.7. The van der Waals surface area contributed by atoms with Crippen LogP contribution in [0.25, 0.3) is 0 Å². The van der Waals surface area contributed by atoms with Crippen molar-refractivity contribution in [1.29, 1.82) is 0 Å². The zero-order valence-corrected chi connectivity index (χ0v) is 8.26. The first-order valence-electron chi connectivity index (χ1n) is 2.01. The summed E-state index contributed by atoms with van der Waals surface area (Å²) in [5.74, 6) is 0. The van der Waals surface area contributed by atoms with Crippen LogP contribution < -0.4 is 0 Å². The molecule has 0 aromatic carbocycles. The molecule has 0 spiro atoms. The largest absolute Gasteiger partial charge is 0.396 e. The van der Waals surface area contributed by atoms with Crippen LogP contribution in [0.1, 0.15) is 6.42 Å². The predicted octanol–water partition coefficient (Wildman–Crippen LogP) is 0.0152. The van der Waals surface area contributed by atoms with Gasteiger partial charge in [-0.25, -0.2) is 0 Å². The number of hydrogen-bond acceptors (Lipinski definition) is 2. The number of aliphatic hydroxyl groups excluding tert-OH is 1. The summed E-state index contributed by atoms with van der Waals surface area (Å²) in [4.78, 5) is 0. The smallest absolute Gasteiger partial charge is 0.0484 e. The van der Waals surface area contributed by atoms with Gasteiger partial charge in [-0.2, -0.15) is 0 Å². The van der Waals surface area contributed by atoms with Gasteiger partial charge < -0.3 is 9.84 Å². The number of methoxy groups -OCH3 is 1. The summed E-state index contributed by atoms with van der Waals surface area (Å²) in [6, 6.07) is 0. The van der Waals surface area contributed by atoms with E-state index in [1.54, 1.807) is 7.11 Å². The summed E-state index contributed by atoms with van der Waals surface area (Å²) in [6.07, 6.45) is 0.747. The number of aliphatic hydroxyl groups is 1. The molecule has 3 heteroatoms. The number of hydrogen-bond donors (Lipinski definition) is 1. The molecular weight excluding hydrogens is 221 g/mol. The van der Waals surface area contributed by atoms with Crippen LogP contribution in [0.3, 0.4) is 0 Å². The van der Waals surface area contributed by atoms with E-state index < -0.39 is 0 Å². The van der Waals surface area contributed by atoms with Crippen molar-refractivity contribution in [1.82, 2.24) is 0 Å². The molecule has 1 N–H and O–H groups in total. The molecule has 0 bridgehead atoms. The SMILES string of the molecule is COCCCO.[Pr]. The maximum atomic E-state index is 8.12. The van der Waals surface area contributed by atoms with E-state index in [-0.39, 0.29) is 47.9 Å². The summed E-state index contributed by atoms with van der Waals surface area (Å²) < 4.78 is 4.62. The third-order valence-electron chi connectivity index (χ3n) is 0.507. The second-order valence-corrected chi connectivity index (χ2v) is 1.07. The van der Waals surface area contributed by atoms with Crippen LogP contribution in [0, 0.1) is 41.3 Å². The van der Waals surface area contributed by atoms with E-state index in [9.17, 15) is 0 Å². The van der Waals surface area contributed by atoms with Gasteiger partial charge in [-0.1, -0.05) is 0 Å². The van der Waals surface area contributed by atoms with Crippen molar-refractivity contribution < 1.29 is 51.1 Å². The first kappa shape index (κ1) is 11.1. The van der Waals surface area contributed by atoms with Crippen LogP contribution in [0.2, 0.25) is 0 Å². The Balaban J connectivity index is 0. The molecule has 41 valence electrons. The molecule has 0 aliphatic carbocycles. The summed E-state index contributed by atoms with van der Waals surface area (Å²) in [6.45, 7) is 0.893. The maximum Gasteiger partial charge on any atom is 0.0484 e. The Kier molecular flexibility index (Phi) is 16.4. The summed E-state index contributed by atoms with van der Waals surface area (Å²) in [5, 5.41) is 8.12. The molecule has 0 unspecified atom stereocenters. The fourth-order valence-corrected chi connectivity index (χ4v) is 0.209. The Morgan fingerprint density at radius 2 is 2.14 bits per heavy atom. The molecule has 0 aromatic heterocycles. The van der Waals surface area contributed by atoms with Crippen molar-refractivity contribution in [2.45, 2.75) is 6.42 Å². The van der Waals surface area contributed by atoms with Crippen LogP contribution in [0.5, 0.6) is 0 Å². The Morgan fingerprint density at radius 3 is 2.29 bits per heavy atom. The van der Waals surface area contributed by atoms with Gasteiger partial charge in [-0.15, -0.1) is 0 Å². The molecule has 0 saturated heterocycles. The minimum Gasteiger partial charge on any atom is -0.396 e. The van der Waals surface area contributed by atoms with E-state index in [0.29, 0.717) is 6.61 Å². The van der Waals surface area contributed by atoms with Crippen LogP contribution in [0.15, 0.2) is 0 Å². The van der Waals surface area contributed by atoms with Gasteiger partial charge in [0, 0.05) is 61.6 Å². The van der Waals surface area contributed by atoms with Gasteiger partial charge in [-0.05, 0) is 6.42 Å². The molecule has 0 fully saturated rings. The van der Waals surface area contributed by atoms with Crippen LogP contribution in [-0.4, -0.2) is 25.4 Å².